The third-order valence-corrected chi connectivity index (χ3v) is 6.11. The molecule has 0 radical (unpaired) electrons. The lowest BCUT2D eigenvalue weighted by Crippen LogP contribution is -2.40. The molecule has 2 amide bonds. The molecule has 2 fully saturated rings. The van der Waals surface area contributed by atoms with Crippen molar-refractivity contribution in [1.82, 2.24) is 15.2 Å². The van der Waals surface area contributed by atoms with E-state index in [0.29, 0.717) is 23.0 Å². The molecule has 1 atom stereocenters. The van der Waals surface area contributed by atoms with E-state index in [1.54, 1.807) is 36.4 Å². The van der Waals surface area contributed by atoms with Crippen LogP contribution in [-0.4, -0.2) is 46.9 Å². The van der Waals surface area contributed by atoms with E-state index in [-0.39, 0.29) is 23.6 Å². The molecule has 4 rings (SSSR count). The van der Waals surface area contributed by atoms with Crippen LogP contribution < -0.4 is 16.4 Å². The summed E-state index contributed by atoms with van der Waals surface area (Å²) < 4.78 is 0. The highest BCUT2D eigenvalue weighted by atomic mass is 16.2. The number of amides is 2. The summed E-state index contributed by atoms with van der Waals surface area (Å²) in [5, 5.41) is 5.86. The molecule has 1 aromatic carbocycles. The van der Waals surface area contributed by atoms with Gasteiger partial charge in [0.15, 0.2) is 0 Å². The van der Waals surface area contributed by atoms with E-state index in [2.05, 4.69) is 20.5 Å². The number of nitrogens with one attached hydrogen (secondary N) is 2. The molecule has 1 aromatic heterocycles. The van der Waals surface area contributed by atoms with Gasteiger partial charge in [0.1, 0.15) is 5.69 Å². The third-order valence-electron chi connectivity index (χ3n) is 6.11. The van der Waals surface area contributed by atoms with Gasteiger partial charge in [0.05, 0.1) is 16.9 Å². The van der Waals surface area contributed by atoms with Crippen LogP contribution in [0.2, 0.25) is 0 Å². The minimum atomic E-state index is -0.362. The first kappa shape index (κ1) is 20.3. The molecular weight excluding hydrogens is 378 g/mol. The summed E-state index contributed by atoms with van der Waals surface area (Å²) in [6.45, 7) is 1.97. The van der Waals surface area contributed by atoms with E-state index in [1.165, 1.54) is 38.3 Å². The molecule has 4 N–H and O–H groups in total. The van der Waals surface area contributed by atoms with Crippen LogP contribution in [0.4, 0.5) is 11.4 Å². The molecule has 2 aliphatic rings. The molecule has 158 valence electrons. The van der Waals surface area contributed by atoms with Crippen molar-refractivity contribution in [2.75, 3.05) is 24.1 Å². The predicted molar refractivity (Wildman–Crippen MR) is 117 cm³/mol. The Morgan fingerprint density at radius 2 is 1.80 bits per heavy atom. The molecule has 0 bridgehead atoms. The number of likely N-dealkylation sites (tertiary alicyclic amines) is 1. The van der Waals surface area contributed by atoms with Crippen LogP contribution in [0.15, 0.2) is 42.6 Å². The summed E-state index contributed by atoms with van der Waals surface area (Å²) in [6, 6.07) is 11.1. The Labute approximate surface area is 177 Å². The van der Waals surface area contributed by atoms with Crippen LogP contribution in [0, 0.1) is 0 Å². The number of anilines is 2. The first-order chi connectivity index (χ1) is 14.6. The number of carbonyl (C=O) groups excluding carboxylic acids is 2. The maximum Gasteiger partial charge on any atom is 0.274 e. The Morgan fingerprint density at radius 1 is 1.00 bits per heavy atom. The van der Waals surface area contributed by atoms with Crippen LogP contribution >= 0.6 is 0 Å². The molecule has 2 aromatic rings. The van der Waals surface area contributed by atoms with Crippen LogP contribution in [0.5, 0.6) is 0 Å². The zero-order valence-corrected chi connectivity index (χ0v) is 17.1. The maximum absolute atomic E-state index is 12.6. The fraction of sp³-hybridized carbons (Fsp3) is 0.435. The van der Waals surface area contributed by atoms with Gasteiger partial charge in [-0.2, -0.15) is 0 Å². The third kappa shape index (κ3) is 4.79. The molecule has 30 heavy (non-hydrogen) atoms. The lowest BCUT2D eigenvalue weighted by atomic mass is 9.94. The summed E-state index contributed by atoms with van der Waals surface area (Å²) in [4.78, 5) is 31.7. The lowest BCUT2D eigenvalue weighted by molar-refractivity contribution is 0.0932. The number of hydrogen-bond donors (Lipinski definition) is 3. The molecule has 2 heterocycles. The van der Waals surface area contributed by atoms with E-state index >= 15 is 0 Å². The van der Waals surface area contributed by atoms with Gasteiger partial charge in [-0.1, -0.05) is 31.4 Å². The van der Waals surface area contributed by atoms with Crippen molar-refractivity contribution in [1.29, 1.82) is 0 Å². The number of benzene rings is 1. The average Bonchev–Trinajstić information content (AvgIpc) is 3.24. The summed E-state index contributed by atoms with van der Waals surface area (Å²) in [5.74, 6) is -0.504. The summed E-state index contributed by atoms with van der Waals surface area (Å²) in [7, 11) is 0. The molecule has 7 heteroatoms. The predicted octanol–water partition coefficient (Wildman–Crippen LogP) is 3.05. The topological polar surface area (TPSA) is 100 Å². The number of aromatic nitrogens is 1. The van der Waals surface area contributed by atoms with Gasteiger partial charge >= 0.3 is 0 Å². The van der Waals surface area contributed by atoms with Gasteiger partial charge in [-0.05, 0) is 43.5 Å². The molecule has 7 nitrogen and oxygen atoms in total. The van der Waals surface area contributed by atoms with Gasteiger partial charge in [-0.25, -0.2) is 0 Å². The van der Waals surface area contributed by atoms with Crippen LogP contribution in [0.3, 0.4) is 0 Å². The summed E-state index contributed by atoms with van der Waals surface area (Å²) in [5.41, 5.74) is 7.57. The summed E-state index contributed by atoms with van der Waals surface area (Å²) >= 11 is 0. The first-order valence-electron chi connectivity index (χ1n) is 10.8. The molecule has 0 spiro atoms. The number of para-hydroxylation sites is 2. The summed E-state index contributed by atoms with van der Waals surface area (Å²) in [6.07, 6.45) is 8.98. The lowest BCUT2D eigenvalue weighted by Gasteiger charge is -2.31. The highest BCUT2D eigenvalue weighted by Crippen LogP contribution is 2.25. The van der Waals surface area contributed by atoms with E-state index in [9.17, 15) is 9.59 Å². The van der Waals surface area contributed by atoms with Crippen LogP contribution in [-0.2, 0) is 0 Å². The van der Waals surface area contributed by atoms with Gasteiger partial charge in [0.2, 0.25) is 0 Å². The Kier molecular flexibility index (Phi) is 6.28. The fourth-order valence-electron chi connectivity index (χ4n) is 4.41. The molecule has 1 saturated carbocycles. The Balaban J connectivity index is 1.31. The molecular formula is C23H29N5O2. The van der Waals surface area contributed by atoms with Gasteiger partial charge in [0.25, 0.3) is 11.8 Å². The SMILES string of the molecule is Nc1ccccc1NC(=O)c1ccc(C(=O)NC2CCN(C3CCCCC3)C2)cn1. The minimum Gasteiger partial charge on any atom is -0.397 e. The van der Waals surface area contributed by atoms with Crippen LogP contribution in [0.1, 0.15) is 59.4 Å². The van der Waals surface area contributed by atoms with Gasteiger partial charge in [0, 0.05) is 31.4 Å². The molecule has 1 aliphatic heterocycles. The Morgan fingerprint density at radius 3 is 2.53 bits per heavy atom. The number of nitrogen functional groups attached to an aromatic ring is 1. The van der Waals surface area contributed by atoms with Crippen molar-refractivity contribution in [2.45, 2.75) is 50.6 Å². The van der Waals surface area contributed by atoms with Gasteiger partial charge in [-0.3, -0.25) is 19.5 Å². The normalized spacial score (nSPS) is 20.1. The van der Waals surface area contributed by atoms with Crippen molar-refractivity contribution < 1.29 is 9.59 Å². The Bertz CT molecular complexity index is 893. The molecule has 1 aliphatic carbocycles. The second-order valence-electron chi connectivity index (χ2n) is 8.22. The van der Waals surface area contributed by atoms with E-state index in [0.717, 1.165) is 19.5 Å². The molecule has 1 unspecified atom stereocenters. The smallest absolute Gasteiger partial charge is 0.274 e. The average molecular weight is 408 g/mol. The first-order valence-corrected chi connectivity index (χ1v) is 10.8. The number of carbonyl (C=O) groups is 2. The zero-order valence-electron chi connectivity index (χ0n) is 17.1. The van der Waals surface area contributed by atoms with E-state index in [4.69, 9.17) is 5.73 Å². The molecule has 1 saturated heterocycles. The highest BCUT2D eigenvalue weighted by Gasteiger charge is 2.30. The van der Waals surface area contributed by atoms with Crippen molar-refractivity contribution in [3.05, 3.63) is 53.9 Å². The Hall–Kier alpha value is -2.93. The monoisotopic (exact) mass is 407 g/mol. The largest absolute Gasteiger partial charge is 0.397 e. The van der Waals surface area contributed by atoms with E-state index in [1.807, 2.05) is 0 Å². The minimum absolute atomic E-state index is 0.141. The van der Waals surface area contributed by atoms with Crippen LogP contribution in [0.25, 0.3) is 0 Å². The van der Waals surface area contributed by atoms with Crippen molar-refractivity contribution in [3.63, 3.8) is 0 Å². The second kappa shape index (κ2) is 9.26. The number of nitrogens with zero attached hydrogens (tertiary/aromatic N) is 2. The van der Waals surface area contributed by atoms with Crippen molar-refractivity contribution >= 4 is 23.2 Å². The highest BCUT2D eigenvalue weighted by molar-refractivity contribution is 6.05. The van der Waals surface area contributed by atoms with Gasteiger partial charge in [-0.15, -0.1) is 0 Å². The van der Waals surface area contributed by atoms with Crippen molar-refractivity contribution in [2.24, 2.45) is 0 Å². The quantitative estimate of drug-likeness (QED) is 0.662. The number of hydrogen-bond acceptors (Lipinski definition) is 5. The maximum atomic E-state index is 12.6. The standard InChI is InChI=1S/C23H29N5O2/c24-19-8-4-5-9-20(19)27-23(30)21-11-10-16(14-25-21)22(29)26-17-12-13-28(15-17)18-6-2-1-3-7-18/h4-5,8-11,14,17-18H,1-3,6-7,12-13,15,24H2,(H,26,29)(H,27,30). The van der Waals surface area contributed by atoms with Gasteiger partial charge < -0.3 is 16.4 Å². The number of rotatable bonds is 5. The number of pyridine rings is 1. The number of nitrogens with two attached hydrogens (primary N) is 1. The fourth-order valence-corrected chi connectivity index (χ4v) is 4.41. The van der Waals surface area contributed by atoms with Crippen molar-refractivity contribution in [3.8, 4) is 0 Å². The zero-order chi connectivity index (χ0) is 20.9. The van der Waals surface area contributed by atoms with E-state index < -0.39 is 0 Å². The second-order valence-corrected chi connectivity index (χ2v) is 8.22.